The smallest absolute Gasteiger partial charge is 0.257 e. The normalized spacial score (nSPS) is 11.1. The monoisotopic (exact) mass is 263 g/mol. The third-order valence-electron chi connectivity index (χ3n) is 3.36. The molecular weight excluding hydrogens is 238 g/mol. The second-order valence-electron chi connectivity index (χ2n) is 5.56. The highest BCUT2D eigenvalue weighted by molar-refractivity contribution is 5.77. The molecule has 0 unspecified atom stereocenters. The minimum atomic E-state index is -0.0600. The van der Waals surface area contributed by atoms with Crippen LogP contribution in [0.25, 0.3) is 0 Å². The predicted molar refractivity (Wildman–Crippen MR) is 78.1 cm³/mol. The molecule has 0 atom stereocenters. The van der Waals surface area contributed by atoms with Crippen LogP contribution in [0.2, 0.25) is 0 Å². The summed E-state index contributed by atoms with van der Waals surface area (Å²) in [6.45, 7) is 9.56. The van der Waals surface area contributed by atoms with Gasteiger partial charge in [0.1, 0.15) is 5.75 Å². The lowest BCUT2D eigenvalue weighted by atomic mass is 9.85. The molecule has 0 aliphatic rings. The topological polar surface area (TPSA) is 38.3 Å². The van der Waals surface area contributed by atoms with Gasteiger partial charge >= 0.3 is 0 Å². The zero-order valence-corrected chi connectivity index (χ0v) is 12.3. The maximum atomic E-state index is 11.7. The van der Waals surface area contributed by atoms with Gasteiger partial charge in [0.05, 0.1) is 0 Å². The van der Waals surface area contributed by atoms with Gasteiger partial charge in [-0.05, 0) is 29.9 Å². The Balaban J connectivity index is 2.31. The number of benzene rings is 1. The van der Waals surface area contributed by atoms with Crippen LogP contribution in [-0.4, -0.2) is 19.1 Å². The molecule has 1 N–H and O–H groups in total. The van der Waals surface area contributed by atoms with E-state index in [4.69, 9.17) is 4.74 Å². The third-order valence-corrected chi connectivity index (χ3v) is 3.36. The highest BCUT2D eigenvalue weighted by atomic mass is 16.5. The Kier molecular flexibility index (Phi) is 6.40. The van der Waals surface area contributed by atoms with Crippen LogP contribution < -0.4 is 10.1 Å². The number of amides is 1. The molecule has 0 heterocycles. The summed E-state index contributed by atoms with van der Waals surface area (Å²) in [5.74, 6) is 2.29. The zero-order valence-electron chi connectivity index (χ0n) is 12.3. The molecular formula is C16H25NO2. The largest absolute Gasteiger partial charge is 0.484 e. The van der Waals surface area contributed by atoms with Crippen LogP contribution >= 0.6 is 0 Å². The molecule has 3 heteroatoms. The van der Waals surface area contributed by atoms with Crippen molar-refractivity contribution in [2.75, 3.05) is 13.2 Å². The molecule has 0 saturated carbocycles. The molecule has 0 bridgehead atoms. The number of carbonyl (C=O) groups is 1. The number of hydrogen-bond donors (Lipinski definition) is 1. The maximum Gasteiger partial charge on any atom is 0.257 e. The van der Waals surface area contributed by atoms with E-state index in [1.165, 1.54) is 0 Å². The average molecular weight is 263 g/mol. The quantitative estimate of drug-likeness (QED) is 0.821. The molecule has 1 rings (SSSR count). The summed E-state index contributed by atoms with van der Waals surface area (Å²) in [5, 5.41) is 2.95. The molecule has 1 aromatic rings. The number of carbonyl (C=O) groups excluding carboxylic acids is 1. The van der Waals surface area contributed by atoms with Crippen LogP contribution in [0.4, 0.5) is 0 Å². The average Bonchev–Trinajstić information content (AvgIpc) is 2.37. The Morgan fingerprint density at radius 2 is 1.68 bits per heavy atom. The van der Waals surface area contributed by atoms with Crippen LogP contribution in [0.15, 0.2) is 30.3 Å². The van der Waals surface area contributed by atoms with E-state index in [0.29, 0.717) is 24.3 Å². The van der Waals surface area contributed by atoms with Crippen molar-refractivity contribution in [1.29, 1.82) is 0 Å². The Morgan fingerprint density at radius 1 is 1.11 bits per heavy atom. The van der Waals surface area contributed by atoms with E-state index in [1.807, 2.05) is 30.3 Å². The van der Waals surface area contributed by atoms with Gasteiger partial charge in [-0.1, -0.05) is 45.9 Å². The van der Waals surface area contributed by atoms with Crippen LogP contribution in [0.5, 0.6) is 5.75 Å². The van der Waals surface area contributed by atoms with Crippen molar-refractivity contribution in [2.24, 2.45) is 17.8 Å². The molecule has 0 spiro atoms. The minimum absolute atomic E-state index is 0.0600. The predicted octanol–water partition coefficient (Wildman–Crippen LogP) is 3.11. The fourth-order valence-corrected chi connectivity index (χ4v) is 2.19. The summed E-state index contributed by atoms with van der Waals surface area (Å²) in [4.78, 5) is 11.7. The van der Waals surface area contributed by atoms with E-state index < -0.39 is 0 Å². The molecule has 1 aromatic carbocycles. The maximum absolute atomic E-state index is 11.7. The molecule has 3 nitrogen and oxygen atoms in total. The van der Waals surface area contributed by atoms with Gasteiger partial charge in [-0.3, -0.25) is 4.79 Å². The zero-order chi connectivity index (χ0) is 14.3. The van der Waals surface area contributed by atoms with Gasteiger partial charge < -0.3 is 10.1 Å². The molecule has 0 aliphatic carbocycles. The summed E-state index contributed by atoms with van der Waals surface area (Å²) in [6, 6.07) is 9.39. The van der Waals surface area contributed by atoms with Crippen LogP contribution in [-0.2, 0) is 4.79 Å². The lowest BCUT2D eigenvalue weighted by Gasteiger charge is -2.25. The molecule has 1 amide bonds. The number of hydrogen-bond acceptors (Lipinski definition) is 2. The van der Waals surface area contributed by atoms with Gasteiger partial charge in [0.25, 0.3) is 5.91 Å². The summed E-state index contributed by atoms with van der Waals surface area (Å²) in [5.41, 5.74) is 0. The van der Waals surface area contributed by atoms with E-state index >= 15 is 0 Å². The fraction of sp³-hybridized carbons (Fsp3) is 0.562. The third kappa shape index (κ3) is 5.77. The van der Waals surface area contributed by atoms with Crippen molar-refractivity contribution in [3.05, 3.63) is 30.3 Å². The lowest BCUT2D eigenvalue weighted by molar-refractivity contribution is -0.123. The first-order valence-electron chi connectivity index (χ1n) is 6.95. The summed E-state index contributed by atoms with van der Waals surface area (Å²) in [6.07, 6.45) is 0. The summed E-state index contributed by atoms with van der Waals surface area (Å²) in [7, 11) is 0. The number of ether oxygens (including phenoxy) is 1. The van der Waals surface area contributed by atoms with Gasteiger partial charge in [0, 0.05) is 6.54 Å². The van der Waals surface area contributed by atoms with Gasteiger partial charge in [0.15, 0.2) is 6.61 Å². The SMILES string of the molecule is CC(C)C(CNC(=O)COc1ccccc1)C(C)C. The van der Waals surface area contributed by atoms with Crippen LogP contribution in [0.1, 0.15) is 27.7 Å². The molecule has 0 saturated heterocycles. The minimum Gasteiger partial charge on any atom is -0.484 e. The molecule has 19 heavy (non-hydrogen) atoms. The fourth-order valence-electron chi connectivity index (χ4n) is 2.19. The lowest BCUT2D eigenvalue weighted by Crippen LogP contribution is -2.36. The summed E-state index contributed by atoms with van der Waals surface area (Å²) < 4.78 is 5.41. The number of para-hydroxylation sites is 1. The van der Waals surface area contributed by atoms with Crippen LogP contribution in [0, 0.1) is 17.8 Å². The first-order valence-corrected chi connectivity index (χ1v) is 6.95. The second-order valence-corrected chi connectivity index (χ2v) is 5.56. The van der Waals surface area contributed by atoms with Gasteiger partial charge in [0.2, 0.25) is 0 Å². The Labute approximate surface area is 116 Å². The Bertz CT molecular complexity index is 366. The second kappa shape index (κ2) is 7.82. The van der Waals surface area contributed by atoms with Gasteiger partial charge in [-0.15, -0.1) is 0 Å². The van der Waals surface area contributed by atoms with Crippen molar-refractivity contribution in [3.8, 4) is 5.75 Å². The molecule has 0 radical (unpaired) electrons. The highest BCUT2D eigenvalue weighted by Crippen LogP contribution is 2.19. The van der Waals surface area contributed by atoms with E-state index in [2.05, 4.69) is 33.0 Å². The highest BCUT2D eigenvalue weighted by Gasteiger charge is 2.18. The van der Waals surface area contributed by atoms with E-state index in [1.54, 1.807) is 0 Å². The molecule has 0 aromatic heterocycles. The number of nitrogens with one attached hydrogen (secondary N) is 1. The molecule has 0 fully saturated rings. The standard InChI is InChI=1S/C16H25NO2/c1-12(2)15(13(3)4)10-17-16(18)11-19-14-8-6-5-7-9-14/h5-9,12-13,15H,10-11H2,1-4H3,(H,17,18). The summed E-state index contributed by atoms with van der Waals surface area (Å²) >= 11 is 0. The van der Waals surface area contributed by atoms with Gasteiger partial charge in [-0.25, -0.2) is 0 Å². The Morgan fingerprint density at radius 3 is 2.21 bits per heavy atom. The van der Waals surface area contributed by atoms with E-state index in [-0.39, 0.29) is 12.5 Å². The van der Waals surface area contributed by atoms with Crippen molar-refractivity contribution < 1.29 is 9.53 Å². The van der Waals surface area contributed by atoms with Gasteiger partial charge in [-0.2, -0.15) is 0 Å². The van der Waals surface area contributed by atoms with Crippen molar-refractivity contribution in [1.82, 2.24) is 5.32 Å². The van der Waals surface area contributed by atoms with E-state index in [0.717, 1.165) is 5.75 Å². The van der Waals surface area contributed by atoms with Crippen molar-refractivity contribution >= 4 is 5.91 Å². The Hall–Kier alpha value is -1.51. The van der Waals surface area contributed by atoms with Crippen molar-refractivity contribution in [3.63, 3.8) is 0 Å². The first kappa shape index (κ1) is 15.5. The first-order chi connectivity index (χ1) is 9.00. The molecule has 106 valence electrons. The van der Waals surface area contributed by atoms with Crippen molar-refractivity contribution in [2.45, 2.75) is 27.7 Å². The van der Waals surface area contributed by atoms with Crippen LogP contribution in [0.3, 0.4) is 0 Å². The number of rotatable bonds is 7. The molecule has 0 aliphatic heterocycles. The van der Waals surface area contributed by atoms with E-state index in [9.17, 15) is 4.79 Å².